The van der Waals surface area contributed by atoms with Crippen LogP contribution in [0, 0.1) is 11.3 Å². The number of hydrogen-bond donors (Lipinski definition) is 2. The minimum absolute atomic E-state index is 0.0888. The Bertz CT molecular complexity index is 485. The van der Waals surface area contributed by atoms with Gasteiger partial charge in [-0.2, -0.15) is 18.4 Å². The normalized spacial score (nSPS) is 14.8. The van der Waals surface area contributed by atoms with Crippen molar-refractivity contribution in [2.45, 2.75) is 24.8 Å². The van der Waals surface area contributed by atoms with Crippen molar-refractivity contribution in [1.29, 1.82) is 5.26 Å². The highest BCUT2D eigenvalue weighted by molar-refractivity contribution is 9.09. The number of aliphatic hydroxyl groups is 2. The summed E-state index contributed by atoms with van der Waals surface area (Å²) in [7, 11) is 0. The van der Waals surface area contributed by atoms with Gasteiger partial charge in [-0.05, 0) is 24.6 Å². The SMILES string of the molecule is N#Cc1ccc(C(F)(F)F)cc1C(O)C(O)CCBr. The van der Waals surface area contributed by atoms with Crippen LogP contribution in [0.1, 0.15) is 29.2 Å². The molecule has 0 heterocycles. The van der Waals surface area contributed by atoms with Crippen LogP contribution in [0.2, 0.25) is 0 Å². The van der Waals surface area contributed by atoms with Crippen LogP contribution < -0.4 is 0 Å². The molecule has 2 unspecified atom stereocenters. The second kappa shape index (κ2) is 6.37. The highest BCUT2D eigenvalue weighted by Crippen LogP contribution is 2.33. The lowest BCUT2D eigenvalue weighted by Gasteiger charge is -2.19. The van der Waals surface area contributed by atoms with E-state index in [2.05, 4.69) is 15.9 Å². The number of rotatable bonds is 4. The molecule has 0 radical (unpaired) electrons. The molecule has 104 valence electrons. The molecule has 1 aromatic carbocycles. The van der Waals surface area contributed by atoms with Crippen molar-refractivity contribution >= 4 is 15.9 Å². The van der Waals surface area contributed by atoms with Crippen LogP contribution in [0.3, 0.4) is 0 Å². The Kier molecular flexibility index (Phi) is 5.35. The first-order valence-corrected chi connectivity index (χ1v) is 6.46. The fraction of sp³-hybridized carbons (Fsp3) is 0.417. The molecule has 0 bridgehead atoms. The third-order valence-electron chi connectivity index (χ3n) is 2.59. The number of nitrogens with zero attached hydrogens (tertiary/aromatic N) is 1. The first-order valence-electron chi connectivity index (χ1n) is 5.34. The van der Waals surface area contributed by atoms with E-state index in [1.54, 1.807) is 6.07 Å². The first kappa shape index (κ1) is 16.0. The molecule has 7 heteroatoms. The summed E-state index contributed by atoms with van der Waals surface area (Å²) < 4.78 is 37.7. The molecule has 1 aromatic rings. The summed E-state index contributed by atoms with van der Waals surface area (Å²) in [5, 5.41) is 28.7. The topological polar surface area (TPSA) is 64.2 Å². The van der Waals surface area contributed by atoms with Gasteiger partial charge in [0.05, 0.1) is 23.3 Å². The highest BCUT2D eigenvalue weighted by atomic mass is 79.9. The third-order valence-corrected chi connectivity index (χ3v) is 3.05. The lowest BCUT2D eigenvalue weighted by atomic mass is 9.96. The van der Waals surface area contributed by atoms with Crippen molar-refractivity contribution in [1.82, 2.24) is 0 Å². The molecule has 3 nitrogen and oxygen atoms in total. The van der Waals surface area contributed by atoms with Gasteiger partial charge < -0.3 is 10.2 Å². The molecule has 19 heavy (non-hydrogen) atoms. The second-order valence-electron chi connectivity index (χ2n) is 3.90. The van der Waals surface area contributed by atoms with Gasteiger partial charge in [0.1, 0.15) is 6.10 Å². The van der Waals surface area contributed by atoms with E-state index in [1.165, 1.54) is 0 Å². The Labute approximate surface area is 116 Å². The van der Waals surface area contributed by atoms with Crippen molar-refractivity contribution in [3.05, 3.63) is 34.9 Å². The predicted octanol–water partition coefficient (Wildman–Crippen LogP) is 2.76. The highest BCUT2D eigenvalue weighted by Gasteiger charge is 2.32. The molecule has 0 aliphatic carbocycles. The summed E-state index contributed by atoms with van der Waals surface area (Å²) in [4.78, 5) is 0. The maximum atomic E-state index is 12.6. The smallest absolute Gasteiger partial charge is 0.390 e. The quantitative estimate of drug-likeness (QED) is 0.830. The van der Waals surface area contributed by atoms with Crippen LogP contribution in [-0.2, 0) is 6.18 Å². The van der Waals surface area contributed by atoms with Gasteiger partial charge >= 0.3 is 6.18 Å². The molecule has 1 rings (SSSR count). The van der Waals surface area contributed by atoms with Crippen molar-refractivity contribution in [3.8, 4) is 6.07 Å². The summed E-state index contributed by atoms with van der Waals surface area (Å²) in [6.45, 7) is 0. The Hall–Kier alpha value is -1.10. The van der Waals surface area contributed by atoms with Gasteiger partial charge in [0, 0.05) is 10.9 Å². The second-order valence-corrected chi connectivity index (χ2v) is 4.69. The molecule has 0 fully saturated rings. The number of halogens is 4. The van der Waals surface area contributed by atoms with Gasteiger partial charge in [-0.15, -0.1) is 0 Å². The van der Waals surface area contributed by atoms with Crippen LogP contribution in [-0.4, -0.2) is 21.6 Å². The molecular weight excluding hydrogens is 327 g/mol. The Morgan fingerprint density at radius 1 is 1.32 bits per heavy atom. The van der Waals surface area contributed by atoms with Crippen molar-refractivity contribution in [2.24, 2.45) is 0 Å². The standard InChI is InChI=1S/C12H11BrF3NO2/c13-4-3-10(18)11(19)9-5-8(12(14,15)16)2-1-7(9)6-17/h1-2,5,10-11,18-19H,3-4H2. The van der Waals surface area contributed by atoms with Crippen LogP contribution in [0.4, 0.5) is 13.2 Å². The van der Waals surface area contributed by atoms with Crippen molar-refractivity contribution in [3.63, 3.8) is 0 Å². The van der Waals surface area contributed by atoms with Gasteiger partial charge in [-0.3, -0.25) is 0 Å². The van der Waals surface area contributed by atoms with Gasteiger partial charge in [0.15, 0.2) is 0 Å². The van der Waals surface area contributed by atoms with Gasteiger partial charge in [-0.1, -0.05) is 15.9 Å². The summed E-state index contributed by atoms with van der Waals surface area (Å²) in [5.74, 6) is 0. The zero-order valence-electron chi connectivity index (χ0n) is 9.65. The Balaban J connectivity index is 3.20. The molecule has 0 aromatic heterocycles. The van der Waals surface area contributed by atoms with Crippen LogP contribution >= 0.6 is 15.9 Å². The summed E-state index contributed by atoms with van der Waals surface area (Å²) in [6, 6.07) is 4.15. The van der Waals surface area contributed by atoms with Crippen LogP contribution in [0.15, 0.2) is 18.2 Å². The third kappa shape index (κ3) is 3.93. The first-order chi connectivity index (χ1) is 8.81. The summed E-state index contributed by atoms with van der Waals surface area (Å²) in [6.07, 6.45) is -7.19. The van der Waals surface area contributed by atoms with Crippen molar-refractivity contribution in [2.75, 3.05) is 5.33 Å². The fourth-order valence-electron chi connectivity index (χ4n) is 1.56. The average Bonchev–Trinajstić information content (AvgIpc) is 2.36. The summed E-state index contributed by atoms with van der Waals surface area (Å²) >= 11 is 3.06. The van der Waals surface area contributed by atoms with E-state index in [-0.39, 0.29) is 17.5 Å². The lowest BCUT2D eigenvalue weighted by molar-refractivity contribution is -0.137. The lowest BCUT2D eigenvalue weighted by Crippen LogP contribution is -2.20. The van der Waals surface area contributed by atoms with E-state index in [9.17, 15) is 23.4 Å². The van der Waals surface area contributed by atoms with Crippen LogP contribution in [0.5, 0.6) is 0 Å². The van der Waals surface area contributed by atoms with Gasteiger partial charge in [-0.25, -0.2) is 0 Å². The molecule has 2 N–H and O–H groups in total. The zero-order valence-corrected chi connectivity index (χ0v) is 11.2. The summed E-state index contributed by atoms with van der Waals surface area (Å²) in [5.41, 5.74) is -1.27. The maximum Gasteiger partial charge on any atom is 0.416 e. The molecule has 0 amide bonds. The monoisotopic (exact) mass is 337 g/mol. The maximum absolute atomic E-state index is 12.6. The number of nitriles is 1. The van der Waals surface area contributed by atoms with E-state index >= 15 is 0 Å². The fourth-order valence-corrected chi connectivity index (χ4v) is 2.03. The Morgan fingerprint density at radius 3 is 2.42 bits per heavy atom. The van der Waals surface area contributed by atoms with E-state index in [0.29, 0.717) is 11.4 Å². The van der Waals surface area contributed by atoms with E-state index in [4.69, 9.17) is 5.26 Å². The number of aliphatic hydroxyl groups excluding tert-OH is 2. The molecule has 0 spiro atoms. The van der Waals surface area contributed by atoms with Crippen molar-refractivity contribution < 1.29 is 23.4 Å². The van der Waals surface area contributed by atoms with Crippen LogP contribution in [0.25, 0.3) is 0 Å². The minimum atomic E-state index is -4.57. The molecular formula is C12H11BrF3NO2. The molecule has 0 saturated heterocycles. The zero-order chi connectivity index (χ0) is 14.6. The largest absolute Gasteiger partial charge is 0.416 e. The van der Waals surface area contributed by atoms with E-state index < -0.39 is 23.9 Å². The minimum Gasteiger partial charge on any atom is -0.390 e. The van der Waals surface area contributed by atoms with E-state index in [0.717, 1.165) is 12.1 Å². The molecule has 0 aliphatic heterocycles. The molecule has 0 saturated carbocycles. The number of benzene rings is 1. The molecule has 2 atom stereocenters. The van der Waals surface area contributed by atoms with Gasteiger partial charge in [0.25, 0.3) is 0 Å². The Morgan fingerprint density at radius 2 is 1.95 bits per heavy atom. The van der Waals surface area contributed by atoms with Gasteiger partial charge in [0.2, 0.25) is 0 Å². The average molecular weight is 338 g/mol. The number of hydrogen-bond acceptors (Lipinski definition) is 3. The van der Waals surface area contributed by atoms with E-state index in [1.807, 2.05) is 0 Å². The number of alkyl halides is 4. The molecule has 0 aliphatic rings. The predicted molar refractivity (Wildman–Crippen MR) is 65.5 cm³/mol.